The quantitative estimate of drug-likeness (QED) is 0.930. The Labute approximate surface area is 146 Å². The SMILES string of the molecule is CC(=O)N1CC[C@](Cc2ccccc2-c2ccccc2F)(C(N)=O)C1. The van der Waals surface area contributed by atoms with Crippen molar-refractivity contribution in [3.8, 4) is 11.1 Å². The molecule has 0 aromatic heterocycles. The fourth-order valence-electron chi connectivity index (χ4n) is 3.56. The number of hydrogen-bond acceptors (Lipinski definition) is 2. The zero-order valence-corrected chi connectivity index (χ0v) is 14.2. The summed E-state index contributed by atoms with van der Waals surface area (Å²) >= 11 is 0. The Morgan fingerprint density at radius 1 is 1.12 bits per heavy atom. The zero-order valence-electron chi connectivity index (χ0n) is 14.2. The van der Waals surface area contributed by atoms with Gasteiger partial charge in [-0.2, -0.15) is 0 Å². The Bertz CT molecular complexity index is 821. The van der Waals surface area contributed by atoms with Crippen LogP contribution in [-0.2, 0) is 16.0 Å². The third-order valence-electron chi connectivity index (χ3n) is 5.03. The summed E-state index contributed by atoms with van der Waals surface area (Å²) in [5.74, 6) is -0.787. The first-order valence-electron chi connectivity index (χ1n) is 8.31. The summed E-state index contributed by atoms with van der Waals surface area (Å²) in [7, 11) is 0. The maximum absolute atomic E-state index is 14.2. The minimum absolute atomic E-state index is 0.0643. The summed E-state index contributed by atoms with van der Waals surface area (Å²) in [6.45, 7) is 2.31. The minimum Gasteiger partial charge on any atom is -0.369 e. The van der Waals surface area contributed by atoms with Crippen molar-refractivity contribution in [1.82, 2.24) is 4.90 Å². The summed E-state index contributed by atoms with van der Waals surface area (Å²) in [5, 5.41) is 0. The van der Waals surface area contributed by atoms with E-state index in [0.29, 0.717) is 31.5 Å². The van der Waals surface area contributed by atoms with E-state index in [1.807, 2.05) is 24.3 Å². The number of rotatable bonds is 4. The van der Waals surface area contributed by atoms with Crippen molar-refractivity contribution >= 4 is 11.8 Å². The van der Waals surface area contributed by atoms with Gasteiger partial charge in [0, 0.05) is 25.6 Å². The average molecular weight is 340 g/mol. The molecule has 2 aromatic carbocycles. The number of carbonyl (C=O) groups is 2. The van der Waals surface area contributed by atoms with Crippen molar-refractivity contribution in [2.75, 3.05) is 13.1 Å². The van der Waals surface area contributed by atoms with Crippen LogP contribution in [-0.4, -0.2) is 29.8 Å². The Morgan fingerprint density at radius 3 is 2.36 bits per heavy atom. The first kappa shape index (κ1) is 17.1. The van der Waals surface area contributed by atoms with Crippen LogP contribution in [0, 0.1) is 11.2 Å². The second-order valence-corrected chi connectivity index (χ2v) is 6.65. The molecule has 0 radical (unpaired) electrons. The highest BCUT2D eigenvalue weighted by Gasteiger charge is 2.44. The highest BCUT2D eigenvalue weighted by Crippen LogP contribution is 2.37. The number of benzene rings is 2. The molecular formula is C20H21FN2O2. The summed E-state index contributed by atoms with van der Waals surface area (Å²) in [5.41, 5.74) is 7.01. The fraction of sp³-hybridized carbons (Fsp3) is 0.300. The van der Waals surface area contributed by atoms with Crippen LogP contribution in [0.4, 0.5) is 4.39 Å². The van der Waals surface area contributed by atoms with E-state index in [4.69, 9.17) is 5.73 Å². The maximum Gasteiger partial charge on any atom is 0.225 e. The molecule has 0 aliphatic carbocycles. The zero-order chi connectivity index (χ0) is 18.0. The highest BCUT2D eigenvalue weighted by molar-refractivity contribution is 5.84. The number of hydrogen-bond donors (Lipinski definition) is 1. The predicted octanol–water partition coefficient (Wildman–Crippen LogP) is 2.76. The van der Waals surface area contributed by atoms with Gasteiger partial charge < -0.3 is 10.6 Å². The van der Waals surface area contributed by atoms with E-state index < -0.39 is 11.3 Å². The second kappa shape index (κ2) is 6.67. The standard InChI is InChI=1S/C20H21FN2O2/c1-14(24)23-11-10-20(13-23,19(22)25)12-15-6-2-3-7-16(15)17-8-4-5-9-18(17)21/h2-9H,10-13H2,1H3,(H2,22,25)/t20-/m1/s1. The highest BCUT2D eigenvalue weighted by atomic mass is 19.1. The Hall–Kier alpha value is -2.69. The van der Waals surface area contributed by atoms with E-state index in [2.05, 4.69) is 0 Å². The molecule has 0 unspecified atom stereocenters. The maximum atomic E-state index is 14.2. The van der Waals surface area contributed by atoms with E-state index in [1.54, 1.807) is 23.1 Å². The number of likely N-dealkylation sites (tertiary alicyclic amines) is 1. The van der Waals surface area contributed by atoms with Gasteiger partial charge in [0.2, 0.25) is 11.8 Å². The molecule has 1 fully saturated rings. The number of carbonyl (C=O) groups excluding carboxylic acids is 2. The van der Waals surface area contributed by atoms with Gasteiger partial charge in [-0.15, -0.1) is 0 Å². The predicted molar refractivity (Wildman–Crippen MR) is 94.0 cm³/mol. The number of primary amides is 1. The molecule has 0 spiro atoms. The van der Waals surface area contributed by atoms with Gasteiger partial charge in [-0.25, -0.2) is 4.39 Å². The molecule has 1 aliphatic heterocycles. The molecular weight excluding hydrogens is 319 g/mol. The first-order chi connectivity index (χ1) is 11.9. The lowest BCUT2D eigenvalue weighted by Crippen LogP contribution is -2.42. The molecule has 130 valence electrons. The molecule has 1 aliphatic rings. The molecule has 2 aromatic rings. The van der Waals surface area contributed by atoms with E-state index in [0.717, 1.165) is 11.1 Å². The molecule has 5 heteroatoms. The van der Waals surface area contributed by atoms with Crippen LogP contribution in [0.25, 0.3) is 11.1 Å². The minimum atomic E-state index is -0.812. The molecule has 1 heterocycles. The van der Waals surface area contributed by atoms with Gasteiger partial charge in [0.15, 0.2) is 0 Å². The van der Waals surface area contributed by atoms with Crippen molar-refractivity contribution in [2.45, 2.75) is 19.8 Å². The van der Waals surface area contributed by atoms with Crippen LogP contribution in [0.1, 0.15) is 18.9 Å². The number of amides is 2. The van der Waals surface area contributed by atoms with Gasteiger partial charge in [0.25, 0.3) is 0 Å². The van der Waals surface area contributed by atoms with E-state index in [-0.39, 0.29) is 11.7 Å². The van der Waals surface area contributed by atoms with E-state index in [9.17, 15) is 14.0 Å². The molecule has 0 bridgehead atoms. The van der Waals surface area contributed by atoms with Gasteiger partial charge in [-0.3, -0.25) is 9.59 Å². The Morgan fingerprint density at radius 2 is 1.76 bits per heavy atom. The largest absolute Gasteiger partial charge is 0.369 e. The average Bonchev–Trinajstić information content (AvgIpc) is 3.02. The van der Waals surface area contributed by atoms with Crippen molar-refractivity contribution in [1.29, 1.82) is 0 Å². The molecule has 3 rings (SSSR count). The number of nitrogens with two attached hydrogens (primary N) is 1. The summed E-state index contributed by atoms with van der Waals surface area (Å²) in [6, 6.07) is 14.0. The van der Waals surface area contributed by atoms with Crippen LogP contribution in [0.15, 0.2) is 48.5 Å². The van der Waals surface area contributed by atoms with Gasteiger partial charge in [0.05, 0.1) is 5.41 Å². The van der Waals surface area contributed by atoms with Gasteiger partial charge in [-0.05, 0) is 30.0 Å². The van der Waals surface area contributed by atoms with E-state index >= 15 is 0 Å². The second-order valence-electron chi connectivity index (χ2n) is 6.65. The van der Waals surface area contributed by atoms with Gasteiger partial charge in [-0.1, -0.05) is 42.5 Å². The van der Waals surface area contributed by atoms with Crippen LogP contribution in [0.5, 0.6) is 0 Å². The molecule has 25 heavy (non-hydrogen) atoms. The molecule has 2 N–H and O–H groups in total. The van der Waals surface area contributed by atoms with Crippen LogP contribution >= 0.6 is 0 Å². The molecule has 0 saturated carbocycles. The monoisotopic (exact) mass is 340 g/mol. The lowest BCUT2D eigenvalue weighted by molar-refractivity contribution is -0.130. The number of nitrogens with zero attached hydrogens (tertiary/aromatic N) is 1. The van der Waals surface area contributed by atoms with Crippen LogP contribution in [0.3, 0.4) is 0 Å². The van der Waals surface area contributed by atoms with Gasteiger partial charge in [0.1, 0.15) is 5.82 Å². The topological polar surface area (TPSA) is 63.4 Å². The van der Waals surface area contributed by atoms with Crippen molar-refractivity contribution in [3.05, 3.63) is 59.9 Å². The summed E-state index contributed by atoms with van der Waals surface area (Å²) in [6.07, 6.45) is 0.907. The third-order valence-corrected chi connectivity index (χ3v) is 5.03. The lowest BCUT2D eigenvalue weighted by Gasteiger charge is -2.27. The first-order valence-corrected chi connectivity index (χ1v) is 8.31. The number of halogens is 1. The van der Waals surface area contributed by atoms with E-state index in [1.165, 1.54) is 13.0 Å². The Balaban J connectivity index is 1.99. The smallest absolute Gasteiger partial charge is 0.225 e. The summed E-state index contributed by atoms with van der Waals surface area (Å²) in [4.78, 5) is 25.5. The Kier molecular flexibility index (Phi) is 4.57. The third kappa shape index (κ3) is 3.27. The van der Waals surface area contributed by atoms with Crippen molar-refractivity contribution in [3.63, 3.8) is 0 Å². The van der Waals surface area contributed by atoms with Gasteiger partial charge >= 0.3 is 0 Å². The lowest BCUT2D eigenvalue weighted by atomic mass is 9.78. The van der Waals surface area contributed by atoms with Crippen LogP contribution < -0.4 is 5.73 Å². The van der Waals surface area contributed by atoms with Crippen molar-refractivity contribution in [2.24, 2.45) is 11.1 Å². The normalized spacial score (nSPS) is 19.8. The van der Waals surface area contributed by atoms with Crippen LogP contribution in [0.2, 0.25) is 0 Å². The molecule has 2 amide bonds. The molecule has 1 saturated heterocycles. The molecule has 1 atom stereocenters. The fourth-order valence-corrected chi connectivity index (χ4v) is 3.56. The summed E-state index contributed by atoms with van der Waals surface area (Å²) < 4.78 is 14.2. The van der Waals surface area contributed by atoms with Crippen molar-refractivity contribution < 1.29 is 14.0 Å². The molecule has 4 nitrogen and oxygen atoms in total.